The van der Waals surface area contributed by atoms with E-state index in [1.165, 1.54) is 24.3 Å². The van der Waals surface area contributed by atoms with Crippen LogP contribution in [0, 0.1) is 0 Å². The minimum absolute atomic E-state index is 0.0979. The van der Waals surface area contributed by atoms with Crippen molar-refractivity contribution in [3.05, 3.63) is 24.3 Å². The van der Waals surface area contributed by atoms with Crippen molar-refractivity contribution in [2.24, 2.45) is 0 Å². The molecule has 0 aromatic heterocycles. The van der Waals surface area contributed by atoms with Crippen LogP contribution in [0.3, 0.4) is 0 Å². The normalized spacial score (nSPS) is 10.9. The van der Waals surface area contributed by atoms with E-state index in [1.54, 1.807) is 0 Å². The van der Waals surface area contributed by atoms with Crippen molar-refractivity contribution in [1.29, 1.82) is 0 Å². The fraction of sp³-hybridized carbons (Fsp3) is 0.125. The SMILES string of the molecule is O=C(Nc1ccccc1O)NC(F)(F)F. The van der Waals surface area contributed by atoms with Crippen molar-refractivity contribution in [2.75, 3.05) is 5.32 Å². The van der Waals surface area contributed by atoms with Crippen LogP contribution >= 0.6 is 0 Å². The topological polar surface area (TPSA) is 61.4 Å². The fourth-order valence-electron chi connectivity index (χ4n) is 0.862. The highest BCUT2D eigenvalue weighted by atomic mass is 19.4. The molecule has 0 aliphatic heterocycles. The standard InChI is InChI=1S/C8H7F3N2O2/c9-8(10,11)13-7(15)12-5-3-1-2-4-6(5)14/h1-4,14H,(H2,12,13,15). The van der Waals surface area contributed by atoms with Gasteiger partial charge >= 0.3 is 12.3 Å². The third kappa shape index (κ3) is 3.75. The molecule has 0 heterocycles. The minimum Gasteiger partial charge on any atom is -0.506 e. The van der Waals surface area contributed by atoms with Crippen LogP contribution in [0.1, 0.15) is 0 Å². The van der Waals surface area contributed by atoms with Crippen LogP contribution in [0.15, 0.2) is 24.3 Å². The second kappa shape index (κ2) is 4.07. The number of hydrogen-bond donors (Lipinski definition) is 3. The smallest absolute Gasteiger partial charge is 0.485 e. The second-order valence-electron chi connectivity index (χ2n) is 2.59. The number of aromatic hydroxyl groups is 1. The molecule has 2 amide bonds. The van der Waals surface area contributed by atoms with E-state index in [0.29, 0.717) is 0 Å². The van der Waals surface area contributed by atoms with Crippen LogP contribution < -0.4 is 10.6 Å². The molecule has 0 unspecified atom stereocenters. The van der Waals surface area contributed by atoms with Crippen molar-refractivity contribution in [3.8, 4) is 5.75 Å². The molecule has 0 radical (unpaired) electrons. The summed E-state index contributed by atoms with van der Waals surface area (Å²) in [5.74, 6) is -0.310. The quantitative estimate of drug-likeness (QED) is 0.501. The predicted molar refractivity (Wildman–Crippen MR) is 46.3 cm³/mol. The summed E-state index contributed by atoms with van der Waals surface area (Å²) in [6.45, 7) is 0. The summed E-state index contributed by atoms with van der Waals surface area (Å²) < 4.78 is 35.0. The monoisotopic (exact) mass is 220 g/mol. The summed E-state index contributed by atoms with van der Waals surface area (Å²) in [5.41, 5.74) is -0.0979. The lowest BCUT2D eigenvalue weighted by molar-refractivity contribution is -0.144. The van der Waals surface area contributed by atoms with Gasteiger partial charge in [-0.3, -0.25) is 0 Å². The van der Waals surface area contributed by atoms with Crippen molar-refractivity contribution in [3.63, 3.8) is 0 Å². The zero-order valence-corrected chi connectivity index (χ0v) is 7.30. The molecule has 7 heteroatoms. The molecular weight excluding hydrogens is 213 g/mol. The molecule has 1 aromatic rings. The van der Waals surface area contributed by atoms with Gasteiger partial charge in [0.2, 0.25) is 0 Å². The highest BCUT2D eigenvalue weighted by molar-refractivity contribution is 5.90. The van der Waals surface area contributed by atoms with E-state index in [9.17, 15) is 18.0 Å². The summed E-state index contributed by atoms with van der Waals surface area (Å²) in [4.78, 5) is 10.7. The molecule has 0 bridgehead atoms. The van der Waals surface area contributed by atoms with Gasteiger partial charge in [0.15, 0.2) is 0 Å². The third-order valence-electron chi connectivity index (χ3n) is 1.41. The fourth-order valence-corrected chi connectivity index (χ4v) is 0.862. The highest BCUT2D eigenvalue weighted by Crippen LogP contribution is 2.21. The molecule has 0 saturated carbocycles. The Morgan fingerprint density at radius 1 is 1.27 bits per heavy atom. The lowest BCUT2D eigenvalue weighted by atomic mass is 10.3. The van der Waals surface area contributed by atoms with Crippen LogP contribution in [0.25, 0.3) is 0 Å². The summed E-state index contributed by atoms with van der Waals surface area (Å²) in [6.07, 6.45) is -4.80. The number of hydrogen-bond acceptors (Lipinski definition) is 2. The van der Waals surface area contributed by atoms with E-state index < -0.39 is 12.3 Å². The van der Waals surface area contributed by atoms with Gasteiger partial charge in [0.1, 0.15) is 5.75 Å². The molecule has 0 spiro atoms. The lowest BCUT2D eigenvalue weighted by Crippen LogP contribution is -2.40. The van der Waals surface area contributed by atoms with Gasteiger partial charge in [0.05, 0.1) is 5.69 Å². The Labute approximate surface area is 82.7 Å². The molecule has 0 fully saturated rings. The number of nitrogens with one attached hydrogen (secondary N) is 2. The minimum atomic E-state index is -4.80. The van der Waals surface area contributed by atoms with Crippen LogP contribution in [0.2, 0.25) is 0 Å². The lowest BCUT2D eigenvalue weighted by Gasteiger charge is -2.10. The number of carbonyl (C=O) groups is 1. The molecule has 3 N–H and O–H groups in total. The van der Waals surface area contributed by atoms with Crippen molar-refractivity contribution in [1.82, 2.24) is 5.32 Å². The maximum Gasteiger partial charge on any atom is 0.485 e. The van der Waals surface area contributed by atoms with Crippen molar-refractivity contribution in [2.45, 2.75) is 6.30 Å². The summed E-state index contributed by atoms with van der Waals surface area (Å²) in [6, 6.07) is 3.99. The van der Waals surface area contributed by atoms with Gasteiger partial charge in [-0.25, -0.2) is 10.1 Å². The molecule has 1 aromatic carbocycles. The number of rotatable bonds is 1. The van der Waals surface area contributed by atoms with Crippen LogP contribution in [0.5, 0.6) is 5.75 Å². The van der Waals surface area contributed by atoms with Gasteiger partial charge in [0.25, 0.3) is 0 Å². The number of phenolic OH excluding ortho intramolecular Hbond substituents is 1. The van der Waals surface area contributed by atoms with E-state index in [4.69, 9.17) is 5.11 Å². The largest absolute Gasteiger partial charge is 0.506 e. The Bertz CT molecular complexity index is 365. The van der Waals surface area contributed by atoms with E-state index >= 15 is 0 Å². The molecule has 1 rings (SSSR count). The average molecular weight is 220 g/mol. The van der Waals surface area contributed by atoms with Gasteiger partial charge in [0, 0.05) is 0 Å². The Kier molecular flexibility index (Phi) is 3.03. The van der Waals surface area contributed by atoms with Gasteiger partial charge in [-0.15, -0.1) is 0 Å². The van der Waals surface area contributed by atoms with Crippen LogP contribution in [0.4, 0.5) is 23.7 Å². The zero-order valence-electron chi connectivity index (χ0n) is 7.30. The van der Waals surface area contributed by atoms with Gasteiger partial charge in [-0.1, -0.05) is 12.1 Å². The van der Waals surface area contributed by atoms with Gasteiger partial charge < -0.3 is 10.4 Å². The molecule has 0 saturated heterocycles. The Morgan fingerprint density at radius 3 is 2.40 bits per heavy atom. The van der Waals surface area contributed by atoms with E-state index in [2.05, 4.69) is 0 Å². The Balaban J connectivity index is 2.64. The summed E-state index contributed by atoms with van der Waals surface area (Å²) in [5, 5.41) is 11.7. The van der Waals surface area contributed by atoms with Crippen LogP contribution in [-0.4, -0.2) is 17.4 Å². The first-order valence-corrected chi connectivity index (χ1v) is 3.82. The first kappa shape index (κ1) is 11.2. The molecule has 0 aliphatic carbocycles. The van der Waals surface area contributed by atoms with Crippen molar-refractivity contribution >= 4 is 11.7 Å². The highest BCUT2D eigenvalue weighted by Gasteiger charge is 2.30. The number of urea groups is 1. The zero-order chi connectivity index (χ0) is 11.5. The molecule has 0 aliphatic rings. The second-order valence-corrected chi connectivity index (χ2v) is 2.59. The number of para-hydroxylation sites is 2. The number of alkyl halides is 3. The number of amides is 2. The molecule has 0 atom stereocenters. The number of benzene rings is 1. The molecular formula is C8H7F3N2O2. The van der Waals surface area contributed by atoms with Crippen LogP contribution in [-0.2, 0) is 0 Å². The molecule has 82 valence electrons. The predicted octanol–water partition coefficient (Wildman–Crippen LogP) is 2.03. The maximum atomic E-state index is 11.7. The Hall–Kier alpha value is -1.92. The number of carbonyl (C=O) groups excluding carboxylic acids is 1. The van der Waals surface area contributed by atoms with E-state index in [-0.39, 0.29) is 11.4 Å². The maximum absolute atomic E-state index is 11.7. The first-order chi connectivity index (χ1) is 6.88. The van der Waals surface area contributed by atoms with Crippen molar-refractivity contribution < 1.29 is 23.1 Å². The first-order valence-electron chi connectivity index (χ1n) is 3.82. The summed E-state index contributed by atoms with van der Waals surface area (Å²) >= 11 is 0. The number of phenols is 1. The number of halogens is 3. The molecule has 15 heavy (non-hydrogen) atoms. The average Bonchev–Trinajstić information content (AvgIpc) is 2.05. The third-order valence-corrected chi connectivity index (χ3v) is 1.41. The van der Waals surface area contributed by atoms with E-state index in [1.807, 2.05) is 5.32 Å². The van der Waals surface area contributed by atoms with E-state index in [0.717, 1.165) is 5.32 Å². The van der Waals surface area contributed by atoms with Gasteiger partial charge in [-0.2, -0.15) is 13.2 Å². The van der Waals surface area contributed by atoms with Gasteiger partial charge in [-0.05, 0) is 12.1 Å². The summed E-state index contributed by atoms with van der Waals surface area (Å²) in [7, 11) is 0. The Morgan fingerprint density at radius 2 is 1.87 bits per heavy atom. The molecule has 4 nitrogen and oxygen atoms in total. The number of anilines is 1.